The number of amides is 1. The summed E-state index contributed by atoms with van der Waals surface area (Å²) in [5, 5.41) is 13.4. The van der Waals surface area contributed by atoms with Crippen molar-refractivity contribution in [2.45, 2.75) is 72.1 Å². The molecule has 2 unspecified atom stereocenters. The Hall–Kier alpha value is -2.68. The molecule has 0 fully saturated rings. The summed E-state index contributed by atoms with van der Waals surface area (Å²) in [6.07, 6.45) is 5.34. The second-order valence-corrected chi connectivity index (χ2v) is 11.7. The summed E-state index contributed by atoms with van der Waals surface area (Å²) in [7, 11) is 0. The van der Waals surface area contributed by atoms with E-state index in [1.54, 1.807) is 29.2 Å². The first-order valence-corrected chi connectivity index (χ1v) is 15.2. The fourth-order valence-electron chi connectivity index (χ4n) is 4.43. The van der Waals surface area contributed by atoms with Crippen molar-refractivity contribution in [3.05, 3.63) is 74.7 Å². The number of hydrogen-bond donors (Lipinski definition) is 2. The van der Waals surface area contributed by atoms with Gasteiger partial charge in [0, 0.05) is 5.56 Å². The van der Waals surface area contributed by atoms with Crippen molar-refractivity contribution < 1.29 is 19.4 Å². The number of carboxylic acids is 1. The smallest absolute Gasteiger partial charge is 0.326 e. The number of thioether (sulfide) groups is 1. The number of aliphatic carboxylic acids is 1. The van der Waals surface area contributed by atoms with Gasteiger partial charge >= 0.3 is 5.97 Å². The Morgan fingerprint density at radius 1 is 1.11 bits per heavy atom. The van der Waals surface area contributed by atoms with Crippen LogP contribution < -0.4 is 5.32 Å². The Kier molecular flexibility index (Phi) is 11.4. The topological polar surface area (TPSA) is 88.5 Å². The molecule has 0 saturated heterocycles. The second kappa shape index (κ2) is 14.5. The summed E-state index contributed by atoms with van der Waals surface area (Å²) < 4.78 is 6.46. The fraction of sp³-hybridized carbons (Fsp3) is 0.433. The van der Waals surface area contributed by atoms with Crippen LogP contribution in [0.25, 0.3) is 11.1 Å². The van der Waals surface area contributed by atoms with Crippen LogP contribution in [0, 0.1) is 20.8 Å². The Bertz CT molecular complexity index is 1240. The van der Waals surface area contributed by atoms with Crippen LogP contribution in [0.15, 0.2) is 42.5 Å². The summed E-state index contributed by atoms with van der Waals surface area (Å²) in [5.74, 6) is -0.766. The lowest BCUT2D eigenvalue weighted by Crippen LogP contribution is -2.41. The summed E-state index contributed by atoms with van der Waals surface area (Å²) in [5.41, 5.74) is 5.17. The summed E-state index contributed by atoms with van der Waals surface area (Å²) in [6, 6.07) is 12.6. The molecule has 0 saturated carbocycles. The molecule has 1 heterocycles. The van der Waals surface area contributed by atoms with Gasteiger partial charge in [0.1, 0.15) is 6.04 Å². The molecule has 2 N–H and O–H groups in total. The number of ether oxygens (including phenoxy) is 1. The number of benzene rings is 2. The normalized spacial score (nSPS) is 12.8. The zero-order valence-electron chi connectivity index (χ0n) is 22.9. The maximum absolute atomic E-state index is 13.3. The number of thiazole rings is 1. The van der Waals surface area contributed by atoms with Crippen molar-refractivity contribution >= 4 is 35.0 Å². The van der Waals surface area contributed by atoms with E-state index >= 15 is 0 Å². The van der Waals surface area contributed by atoms with Gasteiger partial charge in [-0.3, -0.25) is 4.79 Å². The highest BCUT2D eigenvalue weighted by molar-refractivity contribution is 7.98. The average molecular weight is 555 g/mol. The van der Waals surface area contributed by atoms with Crippen molar-refractivity contribution in [1.82, 2.24) is 10.3 Å². The minimum absolute atomic E-state index is 0.0289. The Morgan fingerprint density at radius 3 is 2.50 bits per heavy atom. The molecule has 1 aromatic heterocycles. The maximum Gasteiger partial charge on any atom is 0.326 e. The number of carboxylic acid groups (broad SMARTS) is 1. The van der Waals surface area contributed by atoms with Crippen LogP contribution in [0.2, 0.25) is 0 Å². The maximum atomic E-state index is 13.3. The van der Waals surface area contributed by atoms with E-state index in [2.05, 4.69) is 17.2 Å². The number of aryl methyl sites for hydroxylation is 3. The van der Waals surface area contributed by atoms with Gasteiger partial charge in [-0.05, 0) is 80.0 Å². The van der Waals surface area contributed by atoms with E-state index in [0.717, 1.165) is 52.2 Å². The predicted octanol–water partition coefficient (Wildman–Crippen LogP) is 7.12. The highest BCUT2D eigenvalue weighted by Gasteiger charge is 2.23. The lowest BCUT2D eigenvalue weighted by molar-refractivity contribution is -0.139. The van der Waals surface area contributed by atoms with E-state index in [4.69, 9.17) is 4.74 Å². The van der Waals surface area contributed by atoms with E-state index in [1.807, 2.05) is 63.4 Å². The number of unbranched alkanes of at least 4 members (excludes halogenated alkanes) is 1. The van der Waals surface area contributed by atoms with Gasteiger partial charge in [0.15, 0.2) is 0 Å². The van der Waals surface area contributed by atoms with E-state index < -0.39 is 12.0 Å². The molecule has 2 atom stereocenters. The van der Waals surface area contributed by atoms with Crippen molar-refractivity contribution in [2.75, 3.05) is 12.0 Å². The minimum atomic E-state index is -1.03. The Labute approximate surface area is 234 Å². The lowest BCUT2D eigenvalue weighted by Gasteiger charge is -2.19. The predicted molar refractivity (Wildman–Crippen MR) is 157 cm³/mol. The van der Waals surface area contributed by atoms with Crippen molar-refractivity contribution in [2.24, 2.45) is 0 Å². The molecule has 0 radical (unpaired) electrons. The highest BCUT2D eigenvalue weighted by Crippen LogP contribution is 2.33. The van der Waals surface area contributed by atoms with Gasteiger partial charge in [-0.25, -0.2) is 9.78 Å². The third kappa shape index (κ3) is 7.91. The SMILES string of the molecule is CCCCC(OCc1ccc(C(=O)NC(CCSC)C(=O)O)c(-c2ccccc2C)c1)c1sc(C)nc1C. The molecule has 0 aliphatic carbocycles. The molecule has 3 aromatic rings. The number of rotatable bonds is 14. The van der Waals surface area contributed by atoms with Gasteiger partial charge < -0.3 is 15.2 Å². The number of aromatic nitrogens is 1. The standard InChI is InChI=1S/C30H38N2O4S2/c1-6-7-12-27(28-20(3)31-21(4)38-28)36-18-22-13-14-24(25(17-22)23-11-9-8-10-19(23)2)29(33)32-26(30(34)35)15-16-37-5/h8-11,13-14,17,26-27H,6-7,12,15-16,18H2,1-5H3,(H,32,33)(H,34,35). The molecule has 6 nitrogen and oxygen atoms in total. The van der Waals surface area contributed by atoms with E-state index in [9.17, 15) is 14.7 Å². The van der Waals surface area contributed by atoms with Crippen LogP contribution in [0.1, 0.15) is 75.8 Å². The first-order chi connectivity index (χ1) is 18.2. The average Bonchev–Trinajstić information content (AvgIpc) is 3.23. The van der Waals surface area contributed by atoms with Crippen LogP contribution >= 0.6 is 23.1 Å². The molecule has 3 rings (SSSR count). The molecule has 1 amide bonds. The van der Waals surface area contributed by atoms with Gasteiger partial charge in [0.05, 0.1) is 28.3 Å². The van der Waals surface area contributed by atoms with Crippen LogP contribution in [0.3, 0.4) is 0 Å². The number of carbonyl (C=O) groups excluding carboxylic acids is 1. The van der Waals surface area contributed by atoms with Crippen LogP contribution in [0.4, 0.5) is 0 Å². The molecule has 2 aromatic carbocycles. The van der Waals surface area contributed by atoms with E-state index in [0.29, 0.717) is 24.3 Å². The molecular weight excluding hydrogens is 516 g/mol. The molecular formula is C30H38N2O4S2. The Balaban J connectivity index is 1.91. The molecule has 0 bridgehead atoms. The van der Waals surface area contributed by atoms with Gasteiger partial charge in [-0.2, -0.15) is 11.8 Å². The molecule has 0 aliphatic rings. The minimum Gasteiger partial charge on any atom is -0.480 e. The van der Waals surface area contributed by atoms with Gasteiger partial charge in [-0.15, -0.1) is 11.3 Å². The number of hydrogen-bond acceptors (Lipinski definition) is 6. The first kappa shape index (κ1) is 29.9. The van der Waals surface area contributed by atoms with Gasteiger partial charge in [-0.1, -0.05) is 50.1 Å². The largest absolute Gasteiger partial charge is 0.480 e. The summed E-state index contributed by atoms with van der Waals surface area (Å²) in [6.45, 7) is 8.64. The number of nitrogens with one attached hydrogen (secondary N) is 1. The third-order valence-electron chi connectivity index (χ3n) is 6.48. The molecule has 0 aliphatic heterocycles. The molecule has 204 valence electrons. The zero-order valence-corrected chi connectivity index (χ0v) is 24.5. The third-order valence-corrected chi connectivity index (χ3v) is 8.29. The second-order valence-electron chi connectivity index (χ2n) is 9.47. The molecule has 38 heavy (non-hydrogen) atoms. The molecule has 8 heteroatoms. The van der Waals surface area contributed by atoms with Crippen LogP contribution in [0.5, 0.6) is 0 Å². The number of nitrogens with zero attached hydrogens (tertiary/aromatic N) is 1. The van der Waals surface area contributed by atoms with Crippen LogP contribution in [-0.2, 0) is 16.1 Å². The van der Waals surface area contributed by atoms with E-state index in [-0.39, 0.29) is 12.0 Å². The van der Waals surface area contributed by atoms with Crippen molar-refractivity contribution in [3.63, 3.8) is 0 Å². The first-order valence-electron chi connectivity index (χ1n) is 13.0. The zero-order chi connectivity index (χ0) is 27.7. The summed E-state index contributed by atoms with van der Waals surface area (Å²) in [4.78, 5) is 30.9. The van der Waals surface area contributed by atoms with Gasteiger partial charge in [0.25, 0.3) is 5.91 Å². The lowest BCUT2D eigenvalue weighted by atomic mass is 9.93. The molecule has 0 spiro atoms. The quantitative estimate of drug-likeness (QED) is 0.221. The fourth-order valence-corrected chi connectivity index (χ4v) is 5.91. The van der Waals surface area contributed by atoms with Crippen molar-refractivity contribution in [3.8, 4) is 11.1 Å². The van der Waals surface area contributed by atoms with Gasteiger partial charge in [0.2, 0.25) is 0 Å². The summed E-state index contributed by atoms with van der Waals surface area (Å²) >= 11 is 3.25. The number of carbonyl (C=O) groups is 2. The van der Waals surface area contributed by atoms with Crippen molar-refractivity contribution in [1.29, 1.82) is 0 Å². The van der Waals surface area contributed by atoms with Crippen LogP contribution in [-0.4, -0.2) is 40.0 Å². The monoisotopic (exact) mass is 554 g/mol. The highest BCUT2D eigenvalue weighted by atomic mass is 32.2. The van der Waals surface area contributed by atoms with E-state index in [1.165, 1.54) is 4.88 Å². The Morgan fingerprint density at radius 2 is 1.87 bits per heavy atom.